The molecule has 0 fully saturated rings. The predicted octanol–water partition coefficient (Wildman–Crippen LogP) is 2.87. The SMILES string of the molecule is CCSc1nc2n(n1)C(c1ccc(OC)c(OC)c1)C(C(=O)OC)=C(C)N2. The minimum Gasteiger partial charge on any atom is -0.493 e. The predicted molar refractivity (Wildman–Crippen MR) is 102 cm³/mol. The fourth-order valence-electron chi connectivity index (χ4n) is 3.03. The second-order valence-electron chi connectivity index (χ2n) is 5.77. The van der Waals surface area contributed by atoms with Crippen LogP contribution in [0.5, 0.6) is 11.5 Å². The Hall–Kier alpha value is -2.68. The smallest absolute Gasteiger partial charge is 0.338 e. The zero-order valence-electron chi connectivity index (χ0n) is 15.9. The number of anilines is 1. The number of rotatable bonds is 6. The Balaban J connectivity index is 2.18. The summed E-state index contributed by atoms with van der Waals surface area (Å²) in [7, 11) is 4.52. The van der Waals surface area contributed by atoms with Crippen molar-refractivity contribution in [3.05, 3.63) is 35.0 Å². The van der Waals surface area contributed by atoms with Crippen LogP contribution in [0.25, 0.3) is 0 Å². The number of hydrogen-bond donors (Lipinski definition) is 1. The van der Waals surface area contributed by atoms with E-state index in [9.17, 15) is 4.79 Å². The van der Waals surface area contributed by atoms with E-state index < -0.39 is 12.0 Å². The molecular weight excluding hydrogens is 368 g/mol. The number of carbonyl (C=O) groups excluding carboxylic acids is 1. The van der Waals surface area contributed by atoms with Crippen molar-refractivity contribution in [3.63, 3.8) is 0 Å². The Labute approximate surface area is 161 Å². The number of fused-ring (bicyclic) bond motifs is 1. The number of thioether (sulfide) groups is 1. The molecule has 0 amide bonds. The van der Waals surface area contributed by atoms with E-state index in [0.717, 1.165) is 11.3 Å². The van der Waals surface area contributed by atoms with Gasteiger partial charge in [0.25, 0.3) is 0 Å². The van der Waals surface area contributed by atoms with Gasteiger partial charge in [0.2, 0.25) is 11.1 Å². The number of ether oxygens (including phenoxy) is 3. The maximum Gasteiger partial charge on any atom is 0.338 e. The van der Waals surface area contributed by atoms with Gasteiger partial charge in [-0.1, -0.05) is 24.8 Å². The fraction of sp³-hybridized carbons (Fsp3) is 0.389. The molecule has 2 aromatic rings. The molecule has 27 heavy (non-hydrogen) atoms. The van der Waals surface area contributed by atoms with Gasteiger partial charge in [-0.15, -0.1) is 5.10 Å². The molecule has 144 valence electrons. The number of nitrogens with one attached hydrogen (secondary N) is 1. The second kappa shape index (κ2) is 7.91. The third-order valence-electron chi connectivity index (χ3n) is 4.24. The summed E-state index contributed by atoms with van der Waals surface area (Å²) in [6.07, 6.45) is 0. The molecule has 0 saturated heterocycles. The summed E-state index contributed by atoms with van der Waals surface area (Å²) in [4.78, 5) is 17.1. The van der Waals surface area contributed by atoms with E-state index in [4.69, 9.17) is 14.2 Å². The summed E-state index contributed by atoms with van der Waals surface area (Å²) in [6.45, 7) is 3.86. The maximum absolute atomic E-state index is 12.5. The molecule has 0 aliphatic carbocycles. The lowest BCUT2D eigenvalue weighted by atomic mass is 9.95. The Morgan fingerprint density at radius 3 is 2.63 bits per heavy atom. The summed E-state index contributed by atoms with van der Waals surface area (Å²) < 4.78 is 17.5. The quantitative estimate of drug-likeness (QED) is 0.595. The van der Waals surface area contributed by atoms with Crippen molar-refractivity contribution < 1.29 is 19.0 Å². The summed E-state index contributed by atoms with van der Waals surface area (Å²) in [5.41, 5.74) is 1.96. The van der Waals surface area contributed by atoms with Crippen molar-refractivity contribution in [2.45, 2.75) is 25.0 Å². The van der Waals surface area contributed by atoms with Crippen molar-refractivity contribution in [2.75, 3.05) is 32.4 Å². The Kier molecular flexibility index (Phi) is 5.59. The summed E-state index contributed by atoms with van der Waals surface area (Å²) in [6, 6.07) is 5.03. The topological polar surface area (TPSA) is 87.5 Å². The molecule has 2 heterocycles. The molecule has 0 spiro atoms. The van der Waals surface area contributed by atoms with Crippen LogP contribution in [-0.2, 0) is 9.53 Å². The first kappa shape index (κ1) is 19.1. The van der Waals surface area contributed by atoms with Crippen LogP contribution < -0.4 is 14.8 Å². The highest BCUT2D eigenvalue weighted by atomic mass is 32.2. The van der Waals surface area contributed by atoms with Gasteiger partial charge >= 0.3 is 5.97 Å². The van der Waals surface area contributed by atoms with Gasteiger partial charge in [-0.3, -0.25) is 0 Å². The van der Waals surface area contributed by atoms with Crippen LogP contribution in [0.3, 0.4) is 0 Å². The molecule has 1 aliphatic rings. The molecule has 1 aliphatic heterocycles. The summed E-state index contributed by atoms with van der Waals surface area (Å²) in [5.74, 6) is 2.18. The normalized spacial score (nSPS) is 15.8. The molecule has 0 radical (unpaired) electrons. The lowest BCUT2D eigenvalue weighted by Crippen LogP contribution is -2.29. The van der Waals surface area contributed by atoms with Gasteiger partial charge in [0, 0.05) is 5.70 Å². The number of methoxy groups -OCH3 is 3. The number of benzene rings is 1. The third kappa shape index (κ3) is 3.46. The molecule has 1 unspecified atom stereocenters. The number of esters is 1. The van der Waals surface area contributed by atoms with Crippen LogP contribution in [0.15, 0.2) is 34.6 Å². The van der Waals surface area contributed by atoms with Gasteiger partial charge in [0.1, 0.15) is 6.04 Å². The van der Waals surface area contributed by atoms with E-state index in [0.29, 0.717) is 33.9 Å². The minimum absolute atomic E-state index is 0.425. The Bertz CT molecular complexity index is 893. The minimum atomic E-state index is -0.493. The summed E-state index contributed by atoms with van der Waals surface area (Å²) in [5, 5.41) is 8.39. The van der Waals surface area contributed by atoms with Crippen LogP contribution in [0.1, 0.15) is 25.5 Å². The van der Waals surface area contributed by atoms with Gasteiger partial charge in [-0.2, -0.15) is 4.98 Å². The van der Waals surface area contributed by atoms with Crippen LogP contribution >= 0.6 is 11.8 Å². The zero-order valence-corrected chi connectivity index (χ0v) is 16.7. The van der Waals surface area contributed by atoms with Crippen molar-refractivity contribution in [1.82, 2.24) is 14.8 Å². The first-order valence-corrected chi connectivity index (χ1v) is 9.39. The second-order valence-corrected chi connectivity index (χ2v) is 7.00. The summed E-state index contributed by atoms with van der Waals surface area (Å²) >= 11 is 1.53. The Morgan fingerprint density at radius 2 is 2.00 bits per heavy atom. The molecule has 9 heteroatoms. The first-order valence-electron chi connectivity index (χ1n) is 8.41. The van der Waals surface area contributed by atoms with Gasteiger partial charge in [-0.25, -0.2) is 9.48 Å². The highest BCUT2D eigenvalue weighted by molar-refractivity contribution is 7.99. The van der Waals surface area contributed by atoms with E-state index in [-0.39, 0.29) is 0 Å². The highest BCUT2D eigenvalue weighted by Crippen LogP contribution is 2.39. The molecule has 0 saturated carbocycles. The average Bonchev–Trinajstić information content (AvgIpc) is 3.07. The number of nitrogens with zero attached hydrogens (tertiary/aromatic N) is 3. The number of carbonyl (C=O) groups is 1. The molecule has 1 aromatic heterocycles. The lowest BCUT2D eigenvalue weighted by Gasteiger charge is -2.28. The van der Waals surface area contributed by atoms with Gasteiger partial charge in [0.05, 0.1) is 26.9 Å². The number of hydrogen-bond acceptors (Lipinski definition) is 8. The molecule has 8 nitrogen and oxygen atoms in total. The van der Waals surface area contributed by atoms with E-state index >= 15 is 0 Å². The van der Waals surface area contributed by atoms with E-state index in [1.54, 1.807) is 25.0 Å². The molecule has 1 aromatic carbocycles. The van der Waals surface area contributed by atoms with E-state index in [1.807, 2.05) is 26.0 Å². The first-order chi connectivity index (χ1) is 13.0. The third-order valence-corrected chi connectivity index (χ3v) is 4.96. The van der Waals surface area contributed by atoms with Crippen LogP contribution in [0.4, 0.5) is 5.95 Å². The van der Waals surface area contributed by atoms with E-state index in [1.165, 1.54) is 18.9 Å². The standard InChI is InChI=1S/C18H22N4O4S/c1-6-27-18-20-17-19-10(2)14(16(23)26-5)15(22(17)21-18)11-7-8-12(24-3)13(9-11)25-4/h7-9,15H,6H2,1-5H3,(H,19,20,21). The molecule has 3 rings (SSSR count). The van der Waals surface area contributed by atoms with Gasteiger partial charge < -0.3 is 19.5 Å². The fourth-order valence-corrected chi connectivity index (χ4v) is 3.58. The lowest BCUT2D eigenvalue weighted by molar-refractivity contribution is -0.136. The van der Waals surface area contributed by atoms with Crippen molar-refractivity contribution in [2.24, 2.45) is 0 Å². The molecule has 1 N–H and O–H groups in total. The largest absolute Gasteiger partial charge is 0.493 e. The van der Waals surface area contributed by atoms with Crippen molar-refractivity contribution in [1.29, 1.82) is 0 Å². The van der Waals surface area contributed by atoms with Crippen molar-refractivity contribution >= 4 is 23.7 Å². The highest BCUT2D eigenvalue weighted by Gasteiger charge is 2.35. The number of allylic oxidation sites excluding steroid dienone is 1. The van der Waals surface area contributed by atoms with Crippen LogP contribution in [0.2, 0.25) is 0 Å². The molecular formula is C18H22N4O4S. The van der Waals surface area contributed by atoms with Gasteiger partial charge in [-0.05, 0) is 30.4 Å². The maximum atomic E-state index is 12.5. The Morgan fingerprint density at radius 1 is 1.26 bits per heavy atom. The van der Waals surface area contributed by atoms with Crippen LogP contribution in [0, 0.1) is 0 Å². The van der Waals surface area contributed by atoms with Crippen LogP contribution in [-0.4, -0.2) is 47.8 Å². The number of aromatic nitrogens is 3. The monoisotopic (exact) mass is 390 g/mol. The zero-order chi connectivity index (χ0) is 19.6. The average molecular weight is 390 g/mol. The van der Waals surface area contributed by atoms with Gasteiger partial charge in [0.15, 0.2) is 11.5 Å². The molecule has 1 atom stereocenters. The van der Waals surface area contributed by atoms with Crippen molar-refractivity contribution in [3.8, 4) is 11.5 Å². The van der Waals surface area contributed by atoms with E-state index in [2.05, 4.69) is 15.4 Å². The molecule has 0 bridgehead atoms.